The largest absolute Gasteiger partial charge is 0.493 e. The van der Waals surface area contributed by atoms with Crippen molar-refractivity contribution in [1.82, 2.24) is 0 Å². The van der Waals surface area contributed by atoms with Crippen LogP contribution in [0, 0.1) is 0 Å². The number of hydrogen-bond donors (Lipinski definition) is 2. The van der Waals surface area contributed by atoms with Crippen LogP contribution in [-0.4, -0.2) is 18.3 Å². The first kappa shape index (κ1) is 10.5. The molecule has 0 radical (unpaired) electrons. The molecule has 1 aliphatic rings. The van der Waals surface area contributed by atoms with E-state index in [0.29, 0.717) is 0 Å². The average molecular weight is 207 g/mol. The molecule has 0 saturated carbocycles. The van der Waals surface area contributed by atoms with Gasteiger partial charge < -0.3 is 15.6 Å². The van der Waals surface area contributed by atoms with Crippen LogP contribution < -0.4 is 10.5 Å². The Bertz CT molecular complexity index is 361. The van der Waals surface area contributed by atoms with Crippen LogP contribution in [0.4, 0.5) is 0 Å². The van der Waals surface area contributed by atoms with Gasteiger partial charge in [0.25, 0.3) is 0 Å². The fourth-order valence-corrected chi connectivity index (χ4v) is 1.81. The first-order valence-electron chi connectivity index (χ1n) is 5.32. The van der Waals surface area contributed by atoms with E-state index in [1.165, 1.54) is 5.56 Å². The second-order valence-electron chi connectivity index (χ2n) is 4.25. The van der Waals surface area contributed by atoms with E-state index in [2.05, 4.69) is 0 Å². The van der Waals surface area contributed by atoms with Crippen molar-refractivity contribution in [3.63, 3.8) is 0 Å². The zero-order valence-corrected chi connectivity index (χ0v) is 8.99. The van der Waals surface area contributed by atoms with Crippen LogP contribution in [0.1, 0.15) is 24.5 Å². The predicted molar refractivity (Wildman–Crippen MR) is 58.9 cm³/mol. The van der Waals surface area contributed by atoms with Crippen LogP contribution >= 0.6 is 0 Å². The molecule has 0 fully saturated rings. The van der Waals surface area contributed by atoms with Gasteiger partial charge in [-0.2, -0.15) is 0 Å². The summed E-state index contributed by atoms with van der Waals surface area (Å²) in [6.07, 6.45) is 2.06. The monoisotopic (exact) mass is 207 g/mol. The Morgan fingerprint density at radius 1 is 1.53 bits per heavy atom. The lowest BCUT2D eigenvalue weighted by molar-refractivity contribution is 0.0666. The predicted octanol–water partition coefficient (Wildman–Crippen LogP) is 1.18. The van der Waals surface area contributed by atoms with Crippen molar-refractivity contribution in [3.8, 4) is 5.75 Å². The number of hydrogen-bond acceptors (Lipinski definition) is 3. The van der Waals surface area contributed by atoms with Crippen molar-refractivity contribution >= 4 is 0 Å². The van der Waals surface area contributed by atoms with Gasteiger partial charge in [-0.05, 0) is 43.0 Å². The van der Waals surface area contributed by atoms with Gasteiger partial charge in [-0.3, -0.25) is 0 Å². The van der Waals surface area contributed by atoms with Crippen LogP contribution in [0.2, 0.25) is 0 Å². The van der Waals surface area contributed by atoms with Crippen molar-refractivity contribution in [2.45, 2.75) is 25.4 Å². The molecule has 1 aromatic carbocycles. The maximum absolute atomic E-state index is 10.0. The van der Waals surface area contributed by atoms with Gasteiger partial charge in [0.05, 0.1) is 12.2 Å². The highest BCUT2D eigenvalue weighted by atomic mass is 16.5. The van der Waals surface area contributed by atoms with Crippen LogP contribution in [0.25, 0.3) is 0 Å². The van der Waals surface area contributed by atoms with Gasteiger partial charge >= 0.3 is 0 Å². The van der Waals surface area contributed by atoms with Gasteiger partial charge in [0.2, 0.25) is 0 Å². The SMILES string of the molecule is CC(O)(CN)c1ccc2c(c1)CCCO2. The molecule has 15 heavy (non-hydrogen) atoms. The molecule has 0 spiro atoms. The van der Waals surface area contributed by atoms with Crippen molar-refractivity contribution in [3.05, 3.63) is 29.3 Å². The third-order valence-corrected chi connectivity index (χ3v) is 2.93. The minimum atomic E-state index is -0.938. The molecule has 0 saturated heterocycles. The molecule has 1 aliphatic heterocycles. The molecule has 3 heteroatoms. The lowest BCUT2D eigenvalue weighted by Gasteiger charge is -2.24. The third-order valence-electron chi connectivity index (χ3n) is 2.93. The van der Waals surface area contributed by atoms with Crippen LogP contribution in [0.3, 0.4) is 0 Å². The Balaban J connectivity index is 2.36. The number of fused-ring (bicyclic) bond motifs is 1. The highest BCUT2D eigenvalue weighted by molar-refractivity contribution is 5.40. The summed E-state index contributed by atoms with van der Waals surface area (Å²) in [5, 5.41) is 10.0. The molecule has 2 rings (SSSR count). The van der Waals surface area contributed by atoms with E-state index >= 15 is 0 Å². The molecule has 0 aliphatic carbocycles. The minimum Gasteiger partial charge on any atom is -0.493 e. The zero-order chi connectivity index (χ0) is 10.9. The topological polar surface area (TPSA) is 55.5 Å². The average Bonchev–Trinajstić information content (AvgIpc) is 2.28. The molecule has 82 valence electrons. The summed E-state index contributed by atoms with van der Waals surface area (Å²) in [5.74, 6) is 0.942. The normalized spacial score (nSPS) is 18.9. The summed E-state index contributed by atoms with van der Waals surface area (Å²) in [4.78, 5) is 0. The molecular weight excluding hydrogens is 190 g/mol. The molecule has 3 N–H and O–H groups in total. The van der Waals surface area contributed by atoms with E-state index in [0.717, 1.165) is 30.8 Å². The number of aliphatic hydroxyl groups is 1. The molecular formula is C12H17NO2. The van der Waals surface area contributed by atoms with Gasteiger partial charge in [-0.25, -0.2) is 0 Å². The van der Waals surface area contributed by atoms with Gasteiger partial charge in [0.15, 0.2) is 0 Å². The summed E-state index contributed by atoms with van der Waals surface area (Å²) >= 11 is 0. The first-order chi connectivity index (χ1) is 7.13. The minimum absolute atomic E-state index is 0.229. The second-order valence-corrected chi connectivity index (χ2v) is 4.25. The summed E-state index contributed by atoms with van der Waals surface area (Å²) in [5.41, 5.74) is 6.64. The molecule has 1 aromatic rings. The summed E-state index contributed by atoms with van der Waals surface area (Å²) in [6.45, 7) is 2.75. The Hall–Kier alpha value is -1.06. The van der Waals surface area contributed by atoms with Gasteiger partial charge in [0, 0.05) is 6.54 Å². The van der Waals surface area contributed by atoms with Crippen molar-refractivity contribution < 1.29 is 9.84 Å². The molecule has 1 unspecified atom stereocenters. The third kappa shape index (κ3) is 1.98. The molecule has 1 heterocycles. The number of ether oxygens (including phenoxy) is 1. The summed E-state index contributed by atoms with van der Waals surface area (Å²) in [6, 6.07) is 5.81. The van der Waals surface area contributed by atoms with Gasteiger partial charge in [0.1, 0.15) is 5.75 Å². The molecule has 3 nitrogen and oxygen atoms in total. The maximum atomic E-state index is 10.0. The lowest BCUT2D eigenvalue weighted by atomic mass is 9.92. The number of nitrogens with two attached hydrogens (primary N) is 1. The fraction of sp³-hybridized carbons (Fsp3) is 0.500. The van der Waals surface area contributed by atoms with Gasteiger partial charge in [-0.15, -0.1) is 0 Å². The van der Waals surface area contributed by atoms with Crippen LogP contribution in [0.15, 0.2) is 18.2 Å². The van der Waals surface area contributed by atoms with E-state index in [1.54, 1.807) is 6.92 Å². The van der Waals surface area contributed by atoms with Crippen molar-refractivity contribution in [2.75, 3.05) is 13.2 Å². The molecule has 0 amide bonds. The number of benzene rings is 1. The first-order valence-corrected chi connectivity index (χ1v) is 5.32. The highest BCUT2D eigenvalue weighted by Crippen LogP contribution is 2.29. The zero-order valence-electron chi connectivity index (χ0n) is 8.99. The lowest BCUT2D eigenvalue weighted by Crippen LogP contribution is -2.31. The Kier molecular flexibility index (Phi) is 2.67. The molecule has 0 aromatic heterocycles. The quantitative estimate of drug-likeness (QED) is 0.765. The van der Waals surface area contributed by atoms with E-state index in [-0.39, 0.29) is 6.54 Å². The number of rotatable bonds is 2. The Morgan fingerprint density at radius 3 is 3.07 bits per heavy atom. The van der Waals surface area contributed by atoms with Crippen LogP contribution in [0.5, 0.6) is 5.75 Å². The van der Waals surface area contributed by atoms with E-state index in [4.69, 9.17) is 10.5 Å². The fourth-order valence-electron chi connectivity index (χ4n) is 1.81. The molecule has 1 atom stereocenters. The standard InChI is InChI=1S/C12H17NO2/c1-12(14,8-13)10-4-5-11-9(7-10)3-2-6-15-11/h4-5,7,14H,2-3,6,8,13H2,1H3. The van der Waals surface area contributed by atoms with Crippen LogP contribution in [-0.2, 0) is 12.0 Å². The maximum Gasteiger partial charge on any atom is 0.122 e. The van der Waals surface area contributed by atoms with Crippen molar-refractivity contribution in [2.24, 2.45) is 5.73 Å². The van der Waals surface area contributed by atoms with E-state index in [1.807, 2.05) is 18.2 Å². The van der Waals surface area contributed by atoms with E-state index < -0.39 is 5.60 Å². The van der Waals surface area contributed by atoms with Crippen molar-refractivity contribution in [1.29, 1.82) is 0 Å². The summed E-state index contributed by atoms with van der Waals surface area (Å²) < 4.78 is 5.51. The smallest absolute Gasteiger partial charge is 0.122 e. The molecule has 0 bridgehead atoms. The van der Waals surface area contributed by atoms with E-state index in [9.17, 15) is 5.11 Å². The highest BCUT2D eigenvalue weighted by Gasteiger charge is 2.22. The Labute approximate surface area is 89.9 Å². The Morgan fingerprint density at radius 2 is 2.33 bits per heavy atom. The summed E-state index contributed by atoms with van der Waals surface area (Å²) in [7, 11) is 0. The number of aryl methyl sites for hydroxylation is 1. The van der Waals surface area contributed by atoms with Gasteiger partial charge in [-0.1, -0.05) is 6.07 Å². The second kappa shape index (κ2) is 3.83.